The molecule has 0 saturated carbocycles. The van der Waals surface area contributed by atoms with Crippen molar-refractivity contribution in [1.29, 1.82) is 0 Å². The number of para-hydroxylation sites is 1. The Labute approximate surface area is 171 Å². The van der Waals surface area contributed by atoms with Crippen molar-refractivity contribution >= 4 is 28.7 Å². The second-order valence-corrected chi connectivity index (χ2v) is 6.82. The summed E-state index contributed by atoms with van der Waals surface area (Å²) >= 11 is 0. The van der Waals surface area contributed by atoms with E-state index in [-0.39, 0.29) is 12.5 Å². The molecule has 0 bridgehead atoms. The first kappa shape index (κ1) is 22.3. The van der Waals surface area contributed by atoms with Crippen molar-refractivity contribution in [3.63, 3.8) is 0 Å². The van der Waals surface area contributed by atoms with Crippen LogP contribution in [0, 0.1) is 6.92 Å². The van der Waals surface area contributed by atoms with Gasteiger partial charge in [0.2, 0.25) is 5.91 Å². The van der Waals surface area contributed by atoms with Crippen LogP contribution >= 0.6 is 0 Å². The molecule has 0 spiro atoms. The summed E-state index contributed by atoms with van der Waals surface area (Å²) in [5.41, 5.74) is 2.66. The van der Waals surface area contributed by atoms with Crippen LogP contribution in [-0.4, -0.2) is 65.9 Å². The van der Waals surface area contributed by atoms with Crippen LogP contribution < -0.4 is 0 Å². The van der Waals surface area contributed by atoms with Crippen molar-refractivity contribution in [2.75, 3.05) is 33.3 Å². The molecule has 0 fully saturated rings. The van der Waals surface area contributed by atoms with Gasteiger partial charge in [0.25, 0.3) is 5.91 Å². The maximum atomic E-state index is 12.7. The number of hydrogen-bond donors (Lipinski definition) is 0. The third-order valence-corrected chi connectivity index (χ3v) is 5.01. The number of aryl methyl sites for hydroxylation is 2. The molecule has 0 aliphatic heterocycles. The van der Waals surface area contributed by atoms with Crippen molar-refractivity contribution in [3.05, 3.63) is 41.1 Å². The van der Waals surface area contributed by atoms with E-state index in [1.165, 1.54) is 11.9 Å². The van der Waals surface area contributed by atoms with Gasteiger partial charge in [0.15, 0.2) is 6.61 Å². The summed E-state index contributed by atoms with van der Waals surface area (Å²) in [7, 11) is 1.53. The second-order valence-electron chi connectivity index (χ2n) is 6.82. The average Bonchev–Trinajstić information content (AvgIpc) is 2.72. The zero-order chi connectivity index (χ0) is 21.6. The summed E-state index contributed by atoms with van der Waals surface area (Å²) in [6.07, 6.45) is 0.572. The SMILES string of the molecule is CCc1nc2ccccc2c(C)c1C(=O)OCC(=O)N(C)CC(=O)N(CC)CC. The van der Waals surface area contributed by atoms with Gasteiger partial charge in [-0.05, 0) is 38.8 Å². The van der Waals surface area contributed by atoms with Crippen molar-refractivity contribution in [1.82, 2.24) is 14.8 Å². The fourth-order valence-corrected chi connectivity index (χ4v) is 3.24. The minimum atomic E-state index is -0.575. The highest BCUT2D eigenvalue weighted by Crippen LogP contribution is 2.24. The molecular formula is C22H29N3O4. The largest absolute Gasteiger partial charge is 0.452 e. The monoisotopic (exact) mass is 399 g/mol. The smallest absolute Gasteiger partial charge is 0.340 e. The van der Waals surface area contributed by atoms with Crippen molar-refractivity contribution in [2.45, 2.75) is 34.1 Å². The van der Waals surface area contributed by atoms with Gasteiger partial charge in [-0.15, -0.1) is 0 Å². The Morgan fingerprint density at radius 2 is 1.69 bits per heavy atom. The van der Waals surface area contributed by atoms with Crippen LogP contribution in [0.1, 0.15) is 42.4 Å². The molecule has 0 aliphatic carbocycles. The highest BCUT2D eigenvalue weighted by molar-refractivity contribution is 5.99. The molecule has 1 aromatic heterocycles. The van der Waals surface area contributed by atoms with Crippen molar-refractivity contribution in [3.8, 4) is 0 Å². The van der Waals surface area contributed by atoms with E-state index in [9.17, 15) is 14.4 Å². The first-order valence-electron chi connectivity index (χ1n) is 9.90. The molecule has 0 unspecified atom stereocenters. The zero-order valence-corrected chi connectivity index (χ0v) is 17.8. The predicted octanol–water partition coefficient (Wildman–Crippen LogP) is 2.59. The number of likely N-dealkylation sites (N-methyl/N-ethyl adjacent to an activating group) is 2. The molecule has 7 heteroatoms. The van der Waals surface area contributed by atoms with E-state index in [1.54, 1.807) is 4.90 Å². The number of carbonyl (C=O) groups excluding carboxylic acids is 3. The number of fused-ring (bicyclic) bond motifs is 1. The molecule has 0 atom stereocenters. The molecule has 1 heterocycles. The van der Waals surface area contributed by atoms with E-state index < -0.39 is 18.5 Å². The van der Waals surface area contributed by atoms with E-state index in [0.29, 0.717) is 30.8 Å². The fourth-order valence-electron chi connectivity index (χ4n) is 3.24. The number of hydrogen-bond acceptors (Lipinski definition) is 5. The summed E-state index contributed by atoms with van der Waals surface area (Å²) in [4.78, 5) is 44.7. The first-order chi connectivity index (χ1) is 13.8. The Morgan fingerprint density at radius 3 is 2.31 bits per heavy atom. The van der Waals surface area contributed by atoms with Crippen molar-refractivity contribution < 1.29 is 19.1 Å². The Kier molecular flexibility index (Phi) is 7.70. The molecule has 2 amide bonds. The van der Waals surface area contributed by atoms with Crippen LogP contribution in [0.5, 0.6) is 0 Å². The minimum Gasteiger partial charge on any atom is -0.452 e. The zero-order valence-electron chi connectivity index (χ0n) is 17.8. The summed E-state index contributed by atoms with van der Waals surface area (Å²) in [6, 6.07) is 7.61. The lowest BCUT2D eigenvalue weighted by Gasteiger charge is -2.23. The lowest BCUT2D eigenvalue weighted by atomic mass is 10.0. The summed E-state index contributed by atoms with van der Waals surface area (Å²) in [5, 5.41) is 0.880. The van der Waals surface area contributed by atoms with Gasteiger partial charge < -0.3 is 14.5 Å². The first-order valence-corrected chi connectivity index (χ1v) is 9.90. The molecule has 7 nitrogen and oxygen atoms in total. The van der Waals surface area contributed by atoms with Crippen molar-refractivity contribution in [2.24, 2.45) is 0 Å². The van der Waals surface area contributed by atoms with Gasteiger partial charge in [0.05, 0.1) is 23.3 Å². The van der Waals surface area contributed by atoms with Gasteiger partial charge in [-0.1, -0.05) is 25.1 Å². The highest BCUT2D eigenvalue weighted by Gasteiger charge is 2.22. The third-order valence-electron chi connectivity index (χ3n) is 5.01. The van der Waals surface area contributed by atoms with E-state index in [2.05, 4.69) is 4.98 Å². The molecule has 29 heavy (non-hydrogen) atoms. The van der Waals surface area contributed by atoms with E-state index in [0.717, 1.165) is 16.5 Å². The average molecular weight is 399 g/mol. The fraction of sp³-hybridized carbons (Fsp3) is 0.455. The quantitative estimate of drug-likeness (QED) is 0.638. The molecular weight excluding hydrogens is 370 g/mol. The van der Waals surface area contributed by atoms with E-state index in [4.69, 9.17) is 4.74 Å². The number of pyridine rings is 1. The van der Waals surface area contributed by atoms with Gasteiger partial charge in [-0.25, -0.2) is 4.79 Å². The Hall–Kier alpha value is -2.96. The topological polar surface area (TPSA) is 79.8 Å². The highest BCUT2D eigenvalue weighted by atomic mass is 16.5. The number of esters is 1. The van der Waals surface area contributed by atoms with Gasteiger partial charge in [0.1, 0.15) is 0 Å². The number of aromatic nitrogens is 1. The Bertz CT molecular complexity index is 906. The van der Waals surface area contributed by atoms with Crippen LogP contribution in [-0.2, 0) is 20.7 Å². The molecule has 0 aliphatic rings. The van der Waals surface area contributed by atoms with Crippen LogP contribution in [0.3, 0.4) is 0 Å². The lowest BCUT2D eigenvalue weighted by molar-refractivity contribution is -0.140. The number of benzene rings is 1. The lowest BCUT2D eigenvalue weighted by Crippen LogP contribution is -2.42. The minimum absolute atomic E-state index is 0.0468. The Balaban J connectivity index is 2.10. The maximum Gasteiger partial charge on any atom is 0.340 e. The standard InChI is InChI=1S/C22H29N3O4/c1-6-17-21(15(4)16-11-9-10-12-18(16)23-17)22(28)29-14-20(27)24(5)13-19(26)25(7-2)8-3/h9-12H,6-8,13-14H2,1-5H3. The number of rotatable bonds is 8. The van der Waals surface area contributed by atoms with E-state index >= 15 is 0 Å². The van der Waals surface area contributed by atoms with E-state index in [1.807, 2.05) is 52.0 Å². The number of carbonyl (C=O) groups is 3. The molecule has 2 aromatic rings. The molecule has 0 radical (unpaired) electrons. The maximum absolute atomic E-state index is 12.7. The number of nitrogens with zero attached hydrogens (tertiary/aromatic N) is 3. The number of amides is 2. The molecule has 0 saturated heterocycles. The molecule has 1 aromatic carbocycles. The predicted molar refractivity (Wildman–Crippen MR) is 112 cm³/mol. The van der Waals surface area contributed by atoms with Gasteiger partial charge in [-0.3, -0.25) is 14.6 Å². The normalized spacial score (nSPS) is 10.7. The van der Waals surface area contributed by atoms with Crippen LogP contribution in [0.4, 0.5) is 0 Å². The van der Waals surface area contributed by atoms with Crippen LogP contribution in [0.2, 0.25) is 0 Å². The summed E-state index contributed by atoms with van der Waals surface area (Å²) in [6.45, 7) is 8.25. The van der Waals surface area contributed by atoms with Gasteiger partial charge in [0, 0.05) is 25.5 Å². The molecule has 0 N–H and O–H groups in total. The third kappa shape index (κ3) is 5.10. The van der Waals surface area contributed by atoms with Gasteiger partial charge in [-0.2, -0.15) is 0 Å². The summed E-state index contributed by atoms with van der Waals surface area (Å²) in [5.74, 6) is -1.14. The Morgan fingerprint density at radius 1 is 1.03 bits per heavy atom. The van der Waals surface area contributed by atoms with Crippen LogP contribution in [0.15, 0.2) is 24.3 Å². The molecule has 156 valence electrons. The van der Waals surface area contributed by atoms with Crippen LogP contribution in [0.25, 0.3) is 10.9 Å². The van der Waals surface area contributed by atoms with Gasteiger partial charge >= 0.3 is 5.97 Å². The molecule has 2 rings (SSSR count). The summed E-state index contributed by atoms with van der Waals surface area (Å²) < 4.78 is 5.28. The number of ether oxygens (including phenoxy) is 1. The second kappa shape index (κ2) is 10.0.